The lowest BCUT2D eigenvalue weighted by Gasteiger charge is -2.36. The molecule has 2 unspecified atom stereocenters. The summed E-state index contributed by atoms with van der Waals surface area (Å²) in [5.74, 6) is 1.79. The number of rotatable bonds is 6. The second kappa shape index (κ2) is 9.84. The van der Waals surface area contributed by atoms with Crippen LogP contribution in [0.1, 0.15) is 36.2 Å². The van der Waals surface area contributed by atoms with E-state index in [-0.39, 0.29) is 12.2 Å². The Kier molecular flexibility index (Phi) is 7.22. The number of thiazole rings is 1. The first-order valence-electron chi connectivity index (χ1n) is 9.82. The molecule has 7 nitrogen and oxygen atoms in total. The summed E-state index contributed by atoms with van der Waals surface area (Å²) >= 11 is 1.70. The van der Waals surface area contributed by atoms with E-state index >= 15 is 0 Å². The van der Waals surface area contributed by atoms with Crippen LogP contribution in [0.4, 0.5) is 5.82 Å². The Morgan fingerprint density at radius 2 is 2.00 bits per heavy atom. The third kappa shape index (κ3) is 5.90. The van der Waals surface area contributed by atoms with E-state index in [1.54, 1.807) is 11.3 Å². The van der Waals surface area contributed by atoms with Gasteiger partial charge in [-0.2, -0.15) is 0 Å². The monoisotopic (exact) mass is 402 g/mol. The van der Waals surface area contributed by atoms with Crippen molar-refractivity contribution >= 4 is 23.1 Å². The van der Waals surface area contributed by atoms with Crippen LogP contribution in [0.25, 0.3) is 0 Å². The minimum atomic E-state index is 0.227. The van der Waals surface area contributed by atoms with Gasteiger partial charge in [0.05, 0.1) is 25.3 Å². The summed E-state index contributed by atoms with van der Waals surface area (Å²) in [6, 6.07) is 4.18. The number of anilines is 1. The van der Waals surface area contributed by atoms with Crippen molar-refractivity contribution in [1.29, 1.82) is 0 Å². The average molecular weight is 403 g/mol. The number of guanidine groups is 1. The highest BCUT2D eigenvalue weighted by molar-refractivity contribution is 7.11. The number of aromatic nitrogens is 2. The van der Waals surface area contributed by atoms with Crippen LogP contribution < -0.4 is 15.5 Å². The summed E-state index contributed by atoms with van der Waals surface area (Å²) in [5, 5.41) is 7.67. The molecule has 1 saturated heterocycles. The summed E-state index contributed by atoms with van der Waals surface area (Å²) < 4.78 is 5.80. The first-order valence-corrected chi connectivity index (χ1v) is 10.6. The largest absolute Gasteiger partial charge is 0.372 e. The van der Waals surface area contributed by atoms with Gasteiger partial charge in [0, 0.05) is 36.9 Å². The van der Waals surface area contributed by atoms with Crippen molar-refractivity contribution in [3.63, 3.8) is 0 Å². The molecule has 3 heterocycles. The van der Waals surface area contributed by atoms with Crippen LogP contribution in [-0.4, -0.2) is 47.8 Å². The zero-order valence-corrected chi connectivity index (χ0v) is 17.9. The zero-order valence-electron chi connectivity index (χ0n) is 17.1. The predicted octanol–water partition coefficient (Wildman–Crippen LogP) is 2.72. The molecule has 8 heteroatoms. The van der Waals surface area contributed by atoms with Gasteiger partial charge in [-0.25, -0.2) is 15.0 Å². The van der Waals surface area contributed by atoms with Gasteiger partial charge >= 0.3 is 0 Å². The van der Waals surface area contributed by atoms with E-state index in [2.05, 4.69) is 70.3 Å². The van der Waals surface area contributed by atoms with Crippen LogP contribution in [0.2, 0.25) is 0 Å². The Labute approximate surface area is 171 Å². The molecular weight excluding hydrogens is 372 g/mol. The number of nitrogens with zero attached hydrogens (tertiary/aromatic N) is 4. The molecule has 0 saturated carbocycles. The van der Waals surface area contributed by atoms with E-state index in [1.165, 1.54) is 4.88 Å². The number of nitrogens with one attached hydrogen (secondary N) is 2. The third-order valence-electron chi connectivity index (χ3n) is 4.39. The molecular formula is C20H30N6OS. The van der Waals surface area contributed by atoms with Gasteiger partial charge in [0.15, 0.2) is 5.96 Å². The topological polar surface area (TPSA) is 74.7 Å². The highest BCUT2D eigenvalue weighted by Gasteiger charge is 2.22. The van der Waals surface area contributed by atoms with E-state index in [4.69, 9.17) is 4.74 Å². The fourth-order valence-electron chi connectivity index (χ4n) is 3.22. The molecule has 0 bridgehead atoms. The normalized spacial score (nSPS) is 20.3. The lowest BCUT2D eigenvalue weighted by molar-refractivity contribution is -0.00545. The number of pyridine rings is 1. The van der Waals surface area contributed by atoms with Crippen molar-refractivity contribution < 1.29 is 4.74 Å². The first-order chi connectivity index (χ1) is 13.5. The lowest BCUT2D eigenvalue weighted by atomic mass is 10.2. The maximum absolute atomic E-state index is 5.80. The van der Waals surface area contributed by atoms with Gasteiger partial charge < -0.3 is 20.3 Å². The SMILES string of the molecule is CCNC(=NCc1ccc(N2CC(C)OC(C)C2)nc1)NCc1ncc(C)s1. The van der Waals surface area contributed by atoms with Gasteiger partial charge in [-0.1, -0.05) is 6.07 Å². The van der Waals surface area contributed by atoms with Crippen molar-refractivity contribution in [3.8, 4) is 0 Å². The van der Waals surface area contributed by atoms with Crippen molar-refractivity contribution in [2.24, 2.45) is 4.99 Å². The highest BCUT2D eigenvalue weighted by atomic mass is 32.1. The van der Waals surface area contributed by atoms with Crippen LogP contribution in [0.3, 0.4) is 0 Å². The maximum Gasteiger partial charge on any atom is 0.191 e. The predicted molar refractivity (Wildman–Crippen MR) is 115 cm³/mol. The second-order valence-electron chi connectivity index (χ2n) is 7.10. The van der Waals surface area contributed by atoms with Crippen LogP contribution in [0.15, 0.2) is 29.5 Å². The minimum absolute atomic E-state index is 0.227. The molecule has 0 amide bonds. The number of hydrogen-bond donors (Lipinski definition) is 2. The molecule has 0 aliphatic carbocycles. The molecule has 1 aliphatic heterocycles. The number of aryl methyl sites for hydroxylation is 1. The molecule has 3 rings (SSSR count). The third-order valence-corrected chi connectivity index (χ3v) is 5.31. The van der Waals surface area contributed by atoms with Gasteiger partial charge in [-0.3, -0.25) is 0 Å². The van der Waals surface area contributed by atoms with Crippen molar-refractivity contribution in [2.75, 3.05) is 24.5 Å². The molecule has 1 fully saturated rings. The van der Waals surface area contributed by atoms with Gasteiger partial charge in [0.1, 0.15) is 10.8 Å². The molecule has 152 valence electrons. The van der Waals surface area contributed by atoms with Crippen LogP contribution in [0, 0.1) is 6.92 Å². The quantitative estimate of drug-likeness (QED) is 0.572. The maximum atomic E-state index is 5.80. The van der Waals surface area contributed by atoms with E-state index in [1.807, 2.05) is 12.4 Å². The lowest BCUT2D eigenvalue weighted by Crippen LogP contribution is -2.45. The molecule has 0 aromatic carbocycles. The van der Waals surface area contributed by atoms with Crippen molar-refractivity contribution in [3.05, 3.63) is 40.0 Å². The molecule has 2 atom stereocenters. The van der Waals surface area contributed by atoms with Gasteiger partial charge in [-0.05, 0) is 39.3 Å². The van der Waals surface area contributed by atoms with E-state index in [0.29, 0.717) is 13.1 Å². The summed E-state index contributed by atoms with van der Waals surface area (Å²) in [6.07, 6.45) is 4.27. The van der Waals surface area contributed by atoms with Crippen LogP contribution >= 0.6 is 11.3 Å². The molecule has 0 radical (unpaired) electrons. The summed E-state index contributed by atoms with van der Waals surface area (Å²) in [6.45, 7) is 12.2. The molecule has 1 aliphatic rings. The van der Waals surface area contributed by atoms with Gasteiger partial charge in [-0.15, -0.1) is 11.3 Å². The van der Waals surface area contributed by atoms with Gasteiger partial charge in [0.25, 0.3) is 0 Å². The first kappa shape index (κ1) is 20.5. The van der Waals surface area contributed by atoms with Gasteiger partial charge in [0.2, 0.25) is 0 Å². The summed E-state index contributed by atoms with van der Waals surface area (Å²) in [4.78, 5) is 17.2. The Hall–Kier alpha value is -2.19. The Morgan fingerprint density at radius 3 is 2.61 bits per heavy atom. The van der Waals surface area contributed by atoms with E-state index in [9.17, 15) is 0 Å². The van der Waals surface area contributed by atoms with Crippen molar-refractivity contribution in [1.82, 2.24) is 20.6 Å². The fourth-order valence-corrected chi connectivity index (χ4v) is 3.94. The Bertz CT molecular complexity index is 765. The molecule has 2 aromatic heterocycles. The molecule has 28 heavy (non-hydrogen) atoms. The molecule has 2 aromatic rings. The molecule has 0 spiro atoms. The Balaban J connectivity index is 1.57. The zero-order chi connectivity index (χ0) is 19.9. The van der Waals surface area contributed by atoms with Crippen LogP contribution in [-0.2, 0) is 17.8 Å². The highest BCUT2D eigenvalue weighted by Crippen LogP contribution is 2.18. The van der Waals surface area contributed by atoms with Crippen LogP contribution in [0.5, 0.6) is 0 Å². The van der Waals surface area contributed by atoms with Crippen molar-refractivity contribution in [2.45, 2.75) is 53.0 Å². The Morgan fingerprint density at radius 1 is 1.21 bits per heavy atom. The number of aliphatic imine (C=N–C) groups is 1. The minimum Gasteiger partial charge on any atom is -0.372 e. The number of ether oxygens (including phenoxy) is 1. The second-order valence-corrected chi connectivity index (χ2v) is 8.42. The summed E-state index contributed by atoms with van der Waals surface area (Å²) in [7, 11) is 0. The standard InChI is InChI=1S/C20H30N6OS/c1-5-21-20(25-11-19-23-8-16(4)28-19)24-10-17-6-7-18(22-9-17)26-12-14(2)27-15(3)13-26/h6-9,14-15H,5,10-13H2,1-4H3,(H2,21,24,25). The number of hydrogen-bond acceptors (Lipinski definition) is 6. The fraction of sp³-hybridized carbons (Fsp3) is 0.550. The van der Waals surface area contributed by atoms with E-state index in [0.717, 1.165) is 42.0 Å². The number of morpholine rings is 1. The summed E-state index contributed by atoms with van der Waals surface area (Å²) in [5.41, 5.74) is 1.08. The average Bonchev–Trinajstić information content (AvgIpc) is 3.09. The van der Waals surface area contributed by atoms with E-state index < -0.39 is 0 Å². The smallest absolute Gasteiger partial charge is 0.191 e. The molecule has 2 N–H and O–H groups in total.